The van der Waals surface area contributed by atoms with Crippen LogP contribution in [-0.2, 0) is 36.5 Å². The largest absolute Gasteiger partial charge is 0.0622 e. The minimum absolute atomic E-state index is 0.0663. The van der Waals surface area contributed by atoms with Crippen LogP contribution < -0.4 is 0 Å². The van der Waals surface area contributed by atoms with Gasteiger partial charge in [-0.25, -0.2) is 0 Å². The van der Waals surface area contributed by atoms with Gasteiger partial charge in [-0.15, -0.1) is 0 Å². The van der Waals surface area contributed by atoms with Gasteiger partial charge in [0.1, 0.15) is 0 Å². The molecule has 0 saturated carbocycles. The van der Waals surface area contributed by atoms with Gasteiger partial charge in [-0.1, -0.05) is 158 Å². The van der Waals surface area contributed by atoms with E-state index in [1.165, 1.54) is 99.8 Å². The molecule has 4 aliphatic rings. The summed E-state index contributed by atoms with van der Waals surface area (Å²) in [6.45, 7) is 0. The molecule has 0 aromatic heterocycles. The molecule has 0 unspecified atom stereocenters. The molecule has 0 radical (unpaired) electrons. The summed E-state index contributed by atoms with van der Waals surface area (Å²) < 4.78 is 0. The smallest absolute Gasteiger partial charge is 0.0296 e. The van der Waals surface area contributed by atoms with Gasteiger partial charge in [-0.05, 0) is 138 Å². The molecule has 8 aromatic carbocycles. The molecule has 0 bridgehead atoms. The number of hydrogen-bond donors (Lipinski definition) is 0. The highest BCUT2D eigenvalue weighted by Gasteiger charge is 2.50. The summed E-state index contributed by atoms with van der Waals surface area (Å²) in [6.07, 6.45) is 4.18. The van der Waals surface area contributed by atoms with E-state index in [-0.39, 0.29) is 10.8 Å². The summed E-state index contributed by atoms with van der Waals surface area (Å²) in [5.74, 6) is 0. The molecule has 0 aliphatic heterocycles. The molecule has 0 N–H and O–H groups in total. The first-order chi connectivity index (χ1) is 25.7. The molecule has 0 heterocycles. The molecule has 12 rings (SSSR count). The van der Waals surface area contributed by atoms with Crippen LogP contribution in [0.3, 0.4) is 0 Å². The molecule has 0 nitrogen and oxygen atoms in total. The molecule has 52 heavy (non-hydrogen) atoms. The van der Waals surface area contributed by atoms with Crippen LogP contribution in [0.4, 0.5) is 0 Å². The van der Waals surface area contributed by atoms with Gasteiger partial charge in [0.05, 0.1) is 0 Å². The third-order valence-corrected chi connectivity index (χ3v) is 13.3. The summed E-state index contributed by atoms with van der Waals surface area (Å²) in [7, 11) is 0. The van der Waals surface area contributed by atoms with Crippen molar-refractivity contribution in [1.29, 1.82) is 0 Å². The van der Waals surface area contributed by atoms with Gasteiger partial charge in [-0.3, -0.25) is 0 Å². The molecule has 4 aliphatic carbocycles. The van der Waals surface area contributed by atoms with Crippen molar-refractivity contribution in [1.82, 2.24) is 0 Å². The van der Waals surface area contributed by atoms with E-state index in [0.29, 0.717) is 0 Å². The Hall–Kier alpha value is -5.98. The van der Waals surface area contributed by atoms with Gasteiger partial charge in [0.25, 0.3) is 0 Å². The van der Waals surface area contributed by atoms with Crippen molar-refractivity contribution in [3.05, 3.63) is 214 Å². The fourth-order valence-electron chi connectivity index (χ4n) is 11.0. The average molecular weight is 661 g/mol. The topological polar surface area (TPSA) is 0 Å². The molecule has 0 heteroatoms. The highest BCUT2D eigenvalue weighted by molar-refractivity contribution is 6.11. The highest BCUT2D eigenvalue weighted by atomic mass is 14.5. The van der Waals surface area contributed by atoms with Gasteiger partial charge < -0.3 is 0 Å². The number of hydrogen-bond acceptors (Lipinski definition) is 0. The van der Waals surface area contributed by atoms with Crippen LogP contribution in [-0.4, -0.2) is 0 Å². The van der Waals surface area contributed by atoms with Crippen LogP contribution in [0.2, 0.25) is 0 Å². The zero-order valence-electron chi connectivity index (χ0n) is 29.0. The molecule has 8 aromatic rings. The van der Waals surface area contributed by atoms with E-state index < -0.39 is 0 Å². The molecule has 2 spiro atoms. The van der Waals surface area contributed by atoms with E-state index in [1.807, 2.05) is 0 Å². The second-order valence-electron chi connectivity index (χ2n) is 15.7. The lowest BCUT2D eigenvalue weighted by Crippen LogP contribution is -2.26. The Kier molecular flexibility index (Phi) is 5.68. The second-order valence-corrected chi connectivity index (χ2v) is 15.7. The second kappa shape index (κ2) is 10.3. The maximum absolute atomic E-state index is 2.53. The van der Waals surface area contributed by atoms with Crippen molar-refractivity contribution in [3.63, 3.8) is 0 Å². The van der Waals surface area contributed by atoms with Gasteiger partial charge >= 0.3 is 0 Å². The van der Waals surface area contributed by atoms with E-state index in [2.05, 4.69) is 170 Å². The van der Waals surface area contributed by atoms with Crippen molar-refractivity contribution in [2.45, 2.75) is 36.5 Å². The van der Waals surface area contributed by atoms with Gasteiger partial charge in [0.2, 0.25) is 0 Å². The minimum atomic E-state index is -0.0663. The van der Waals surface area contributed by atoms with Crippen molar-refractivity contribution in [2.24, 2.45) is 0 Å². The fourth-order valence-corrected chi connectivity index (χ4v) is 11.0. The third kappa shape index (κ3) is 3.72. The Bertz CT molecular complexity index is 2540. The van der Waals surface area contributed by atoms with E-state index in [1.54, 1.807) is 0 Å². The van der Waals surface area contributed by atoms with E-state index >= 15 is 0 Å². The first kappa shape index (κ1) is 28.7. The van der Waals surface area contributed by atoms with Crippen LogP contribution in [0.15, 0.2) is 170 Å². The number of fused-ring (bicyclic) bond motifs is 15. The lowest BCUT2D eigenvalue weighted by atomic mass is 9.74. The van der Waals surface area contributed by atoms with E-state index in [0.717, 1.165) is 25.7 Å². The normalized spacial score (nSPS) is 16.1. The van der Waals surface area contributed by atoms with Crippen LogP contribution >= 0.6 is 0 Å². The predicted molar refractivity (Wildman–Crippen MR) is 215 cm³/mol. The standard InChI is InChI=1S/C52H36/c1-3-11-33(12-4-1)35-19-21-43-47(27-35)51(29-37-15-7-8-16-38(37)30-51)45-25-23-42-41(49(43)45)24-26-46-50(42)44-22-20-36(34-13-5-2-6-14-34)28-48(44)52(46)31-39-17-9-10-18-40(39)32-52/h1-28H,29-32H2. The average Bonchev–Trinajstić information content (AvgIpc) is 3.94. The van der Waals surface area contributed by atoms with Crippen LogP contribution in [0.1, 0.15) is 44.5 Å². The zero-order chi connectivity index (χ0) is 34.0. The molecular formula is C52H36. The monoisotopic (exact) mass is 660 g/mol. The Morgan fingerprint density at radius 3 is 1.04 bits per heavy atom. The van der Waals surface area contributed by atoms with Crippen molar-refractivity contribution >= 4 is 10.8 Å². The van der Waals surface area contributed by atoms with Crippen LogP contribution in [0.25, 0.3) is 55.3 Å². The quantitative estimate of drug-likeness (QED) is 0.173. The lowest BCUT2D eigenvalue weighted by molar-refractivity contribution is 0.563. The summed E-state index contributed by atoms with van der Waals surface area (Å²) in [4.78, 5) is 0. The molecule has 0 saturated heterocycles. The Labute approximate surface area is 305 Å². The molecule has 244 valence electrons. The highest BCUT2D eigenvalue weighted by Crippen LogP contribution is 2.61. The van der Waals surface area contributed by atoms with Crippen molar-refractivity contribution in [2.75, 3.05) is 0 Å². The summed E-state index contributed by atoms with van der Waals surface area (Å²) in [6, 6.07) is 64.8. The zero-order valence-corrected chi connectivity index (χ0v) is 29.0. The first-order valence-electron chi connectivity index (χ1n) is 18.9. The SMILES string of the molecule is c1ccc(-c2ccc3c(c2)C2(Cc4ccccc4C2)c2ccc4c5c(ccc4c2-3)C2(Cc3ccccc3C2)c2cc(-c3ccccc3)ccc2-5)cc1. The Morgan fingerprint density at radius 2 is 0.654 bits per heavy atom. The van der Waals surface area contributed by atoms with Gasteiger partial charge in [0, 0.05) is 10.8 Å². The molecular weight excluding hydrogens is 625 g/mol. The summed E-state index contributed by atoms with van der Waals surface area (Å²) in [5.41, 5.74) is 22.7. The number of benzene rings is 8. The Morgan fingerprint density at radius 1 is 0.288 bits per heavy atom. The molecule has 0 fully saturated rings. The van der Waals surface area contributed by atoms with E-state index in [4.69, 9.17) is 0 Å². The maximum Gasteiger partial charge on any atom is 0.0296 e. The predicted octanol–water partition coefficient (Wildman–Crippen LogP) is 12.3. The maximum atomic E-state index is 2.53. The first-order valence-corrected chi connectivity index (χ1v) is 18.9. The Balaban J connectivity index is 1.11. The summed E-state index contributed by atoms with van der Waals surface area (Å²) in [5, 5.41) is 2.78. The van der Waals surface area contributed by atoms with Crippen LogP contribution in [0.5, 0.6) is 0 Å². The van der Waals surface area contributed by atoms with Gasteiger partial charge in [-0.2, -0.15) is 0 Å². The lowest BCUT2D eigenvalue weighted by Gasteiger charge is -2.28. The summed E-state index contributed by atoms with van der Waals surface area (Å²) >= 11 is 0. The van der Waals surface area contributed by atoms with Crippen molar-refractivity contribution < 1.29 is 0 Å². The molecule has 0 atom stereocenters. The third-order valence-electron chi connectivity index (χ3n) is 13.3. The number of rotatable bonds is 2. The fraction of sp³-hybridized carbons (Fsp3) is 0.115. The van der Waals surface area contributed by atoms with E-state index in [9.17, 15) is 0 Å². The molecule has 0 amide bonds. The van der Waals surface area contributed by atoms with Crippen LogP contribution in [0, 0.1) is 0 Å². The minimum Gasteiger partial charge on any atom is -0.0622 e. The van der Waals surface area contributed by atoms with Crippen molar-refractivity contribution in [3.8, 4) is 44.5 Å². The van der Waals surface area contributed by atoms with Gasteiger partial charge in [0.15, 0.2) is 0 Å².